The molecule has 1 aliphatic rings. The van der Waals surface area contributed by atoms with Gasteiger partial charge in [-0.3, -0.25) is 14.6 Å². The standard InChI is InChI=1S/C20H22ClF2N3O2/c1-28-19-5-2-15(22)10-14(19)12-25-6-8-26(9-7-25)13-20(27)24-16-3-4-18(23)17(21)11-16/h2-5,10-11H,6-9,12-13H2,1H3,(H,24,27). The summed E-state index contributed by atoms with van der Waals surface area (Å²) in [5, 5.41) is 2.70. The number of halogens is 3. The number of nitrogens with one attached hydrogen (secondary N) is 1. The summed E-state index contributed by atoms with van der Waals surface area (Å²) in [6.07, 6.45) is 0. The summed E-state index contributed by atoms with van der Waals surface area (Å²) in [6.45, 7) is 3.79. The van der Waals surface area contributed by atoms with Crippen LogP contribution < -0.4 is 10.1 Å². The first-order valence-corrected chi connectivity index (χ1v) is 9.34. The van der Waals surface area contributed by atoms with Crippen LogP contribution in [0.1, 0.15) is 5.56 Å². The van der Waals surface area contributed by atoms with Gasteiger partial charge in [-0.1, -0.05) is 11.6 Å². The lowest BCUT2D eigenvalue weighted by molar-refractivity contribution is -0.117. The maximum Gasteiger partial charge on any atom is 0.238 e. The minimum Gasteiger partial charge on any atom is -0.496 e. The fraction of sp³-hybridized carbons (Fsp3) is 0.350. The van der Waals surface area contributed by atoms with Crippen molar-refractivity contribution in [3.8, 4) is 5.75 Å². The molecule has 2 aromatic carbocycles. The SMILES string of the molecule is COc1ccc(F)cc1CN1CCN(CC(=O)Nc2ccc(F)c(Cl)c2)CC1. The van der Waals surface area contributed by atoms with Gasteiger partial charge in [0.25, 0.3) is 0 Å². The molecule has 0 aromatic heterocycles. The fourth-order valence-corrected chi connectivity index (χ4v) is 3.38. The molecule has 1 fully saturated rings. The molecule has 1 heterocycles. The number of carbonyl (C=O) groups is 1. The highest BCUT2D eigenvalue weighted by atomic mass is 35.5. The average molecular weight is 410 g/mol. The van der Waals surface area contributed by atoms with E-state index < -0.39 is 5.82 Å². The summed E-state index contributed by atoms with van der Waals surface area (Å²) in [4.78, 5) is 16.5. The molecule has 0 aliphatic carbocycles. The first kappa shape index (κ1) is 20.5. The molecule has 2 aromatic rings. The number of piperazine rings is 1. The quantitative estimate of drug-likeness (QED) is 0.794. The summed E-state index contributed by atoms with van der Waals surface area (Å²) in [5.41, 5.74) is 1.27. The topological polar surface area (TPSA) is 44.8 Å². The molecule has 1 saturated heterocycles. The van der Waals surface area contributed by atoms with E-state index in [0.29, 0.717) is 18.0 Å². The van der Waals surface area contributed by atoms with Gasteiger partial charge in [0.05, 0.1) is 18.7 Å². The summed E-state index contributed by atoms with van der Waals surface area (Å²) in [7, 11) is 1.57. The molecule has 0 spiro atoms. The van der Waals surface area contributed by atoms with Crippen LogP contribution in [0.4, 0.5) is 14.5 Å². The van der Waals surface area contributed by atoms with Crippen molar-refractivity contribution in [2.75, 3.05) is 45.2 Å². The Balaban J connectivity index is 1.48. The number of benzene rings is 2. The molecule has 1 N–H and O–H groups in total. The van der Waals surface area contributed by atoms with Crippen molar-refractivity contribution in [3.63, 3.8) is 0 Å². The zero-order valence-corrected chi connectivity index (χ0v) is 16.3. The van der Waals surface area contributed by atoms with Gasteiger partial charge in [-0.2, -0.15) is 0 Å². The Morgan fingerprint density at radius 1 is 1.11 bits per heavy atom. The minimum atomic E-state index is -0.522. The molecule has 0 radical (unpaired) electrons. The van der Waals surface area contributed by atoms with Crippen molar-refractivity contribution in [1.29, 1.82) is 0 Å². The van der Waals surface area contributed by atoms with Crippen molar-refractivity contribution >= 4 is 23.2 Å². The Morgan fingerprint density at radius 3 is 2.50 bits per heavy atom. The molecule has 5 nitrogen and oxygen atoms in total. The smallest absolute Gasteiger partial charge is 0.238 e. The zero-order valence-electron chi connectivity index (χ0n) is 15.6. The Hall–Kier alpha value is -2.22. The molecule has 3 rings (SSSR count). The van der Waals surface area contributed by atoms with Gasteiger partial charge in [0.15, 0.2) is 0 Å². The molecule has 1 aliphatic heterocycles. The first-order valence-electron chi connectivity index (χ1n) is 8.96. The second-order valence-electron chi connectivity index (χ2n) is 6.69. The lowest BCUT2D eigenvalue weighted by atomic mass is 10.1. The average Bonchev–Trinajstić information content (AvgIpc) is 2.66. The summed E-state index contributed by atoms with van der Waals surface area (Å²) in [5.74, 6) is -0.318. The van der Waals surface area contributed by atoms with E-state index in [0.717, 1.165) is 31.7 Å². The van der Waals surface area contributed by atoms with Crippen molar-refractivity contribution in [1.82, 2.24) is 9.80 Å². The highest BCUT2D eigenvalue weighted by Gasteiger charge is 2.20. The lowest BCUT2D eigenvalue weighted by Gasteiger charge is -2.34. The Labute approximate surface area is 167 Å². The van der Waals surface area contributed by atoms with E-state index in [9.17, 15) is 13.6 Å². The van der Waals surface area contributed by atoms with Crippen molar-refractivity contribution < 1.29 is 18.3 Å². The number of hydrogen-bond donors (Lipinski definition) is 1. The summed E-state index contributed by atoms with van der Waals surface area (Å²) in [6, 6.07) is 8.59. The van der Waals surface area contributed by atoms with E-state index in [1.807, 2.05) is 4.90 Å². The fourth-order valence-electron chi connectivity index (χ4n) is 3.19. The van der Waals surface area contributed by atoms with Crippen molar-refractivity contribution in [2.24, 2.45) is 0 Å². The van der Waals surface area contributed by atoms with E-state index in [1.165, 1.54) is 30.3 Å². The molecule has 8 heteroatoms. The van der Waals surface area contributed by atoms with E-state index in [2.05, 4.69) is 10.2 Å². The van der Waals surface area contributed by atoms with Crippen LogP contribution >= 0.6 is 11.6 Å². The number of ether oxygens (including phenoxy) is 1. The summed E-state index contributed by atoms with van der Waals surface area (Å²) >= 11 is 5.73. The van der Waals surface area contributed by atoms with Crippen LogP contribution in [-0.4, -0.2) is 55.5 Å². The van der Waals surface area contributed by atoms with E-state index in [-0.39, 0.29) is 23.3 Å². The molecule has 28 heavy (non-hydrogen) atoms. The second kappa shape index (κ2) is 9.32. The lowest BCUT2D eigenvalue weighted by Crippen LogP contribution is -2.48. The third-order valence-corrected chi connectivity index (χ3v) is 4.96. The Morgan fingerprint density at radius 2 is 1.82 bits per heavy atom. The number of hydrogen-bond acceptors (Lipinski definition) is 4. The van der Waals surface area contributed by atoms with Gasteiger partial charge in [-0.15, -0.1) is 0 Å². The molecule has 0 unspecified atom stereocenters. The van der Waals surface area contributed by atoms with Crippen LogP contribution in [0.25, 0.3) is 0 Å². The van der Waals surface area contributed by atoms with Crippen LogP contribution in [0.2, 0.25) is 5.02 Å². The zero-order chi connectivity index (χ0) is 20.1. The monoisotopic (exact) mass is 409 g/mol. The predicted octanol–water partition coefficient (Wildman–Crippen LogP) is 3.38. The first-order chi connectivity index (χ1) is 13.4. The largest absolute Gasteiger partial charge is 0.496 e. The number of carbonyl (C=O) groups excluding carboxylic acids is 1. The number of nitrogens with zero attached hydrogens (tertiary/aromatic N) is 2. The van der Waals surface area contributed by atoms with Crippen molar-refractivity contribution in [2.45, 2.75) is 6.54 Å². The van der Waals surface area contributed by atoms with Crippen LogP contribution in [0.5, 0.6) is 5.75 Å². The Kier molecular flexibility index (Phi) is 6.83. The normalized spacial score (nSPS) is 15.4. The van der Waals surface area contributed by atoms with Gasteiger partial charge in [0.2, 0.25) is 5.91 Å². The molecule has 0 saturated carbocycles. The number of amides is 1. The molecule has 0 atom stereocenters. The maximum absolute atomic E-state index is 13.5. The van der Waals surface area contributed by atoms with Crippen LogP contribution in [0.3, 0.4) is 0 Å². The highest BCUT2D eigenvalue weighted by Crippen LogP contribution is 2.22. The number of rotatable bonds is 6. The van der Waals surface area contributed by atoms with Crippen molar-refractivity contribution in [3.05, 3.63) is 58.6 Å². The molecule has 150 valence electrons. The van der Waals surface area contributed by atoms with E-state index in [4.69, 9.17) is 16.3 Å². The maximum atomic E-state index is 13.5. The molecular formula is C20H22ClF2N3O2. The van der Waals surface area contributed by atoms with E-state index in [1.54, 1.807) is 13.2 Å². The van der Waals surface area contributed by atoms with Crippen LogP contribution in [-0.2, 0) is 11.3 Å². The third kappa shape index (κ3) is 5.41. The van der Waals surface area contributed by atoms with Gasteiger partial charge in [-0.25, -0.2) is 8.78 Å². The van der Waals surface area contributed by atoms with Crippen LogP contribution in [0.15, 0.2) is 36.4 Å². The summed E-state index contributed by atoms with van der Waals surface area (Å²) < 4.78 is 32.0. The van der Waals surface area contributed by atoms with Gasteiger partial charge in [0.1, 0.15) is 17.4 Å². The number of anilines is 1. The van der Waals surface area contributed by atoms with Gasteiger partial charge >= 0.3 is 0 Å². The van der Waals surface area contributed by atoms with Gasteiger partial charge in [-0.05, 0) is 36.4 Å². The molecular weight excluding hydrogens is 388 g/mol. The molecule has 1 amide bonds. The third-order valence-electron chi connectivity index (χ3n) is 4.67. The van der Waals surface area contributed by atoms with Crippen LogP contribution in [0, 0.1) is 11.6 Å². The molecule has 0 bridgehead atoms. The number of methoxy groups -OCH3 is 1. The van der Waals surface area contributed by atoms with Gasteiger partial charge < -0.3 is 10.1 Å². The van der Waals surface area contributed by atoms with E-state index >= 15 is 0 Å². The van der Waals surface area contributed by atoms with Gasteiger partial charge in [0, 0.05) is 44.0 Å². The Bertz CT molecular complexity index is 842. The highest BCUT2D eigenvalue weighted by molar-refractivity contribution is 6.31. The predicted molar refractivity (Wildman–Crippen MR) is 105 cm³/mol. The minimum absolute atomic E-state index is 0.0285. The second-order valence-corrected chi connectivity index (χ2v) is 7.09.